The van der Waals surface area contributed by atoms with Crippen LogP contribution in [0.2, 0.25) is 0 Å². The molecule has 3 rings (SSSR count). The predicted molar refractivity (Wildman–Crippen MR) is 86.0 cm³/mol. The van der Waals surface area contributed by atoms with Crippen molar-refractivity contribution < 1.29 is 0 Å². The van der Waals surface area contributed by atoms with Gasteiger partial charge in [-0.15, -0.1) is 11.3 Å². The largest absolute Gasteiger partial charge is 0.242 e. The number of aromatic nitrogens is 1. The van der Waals surface area contributed by atoms with E-state index in [0.29, 0.717) is 0 Å². The molecular formula is C17H22N2S. The van der Waals surface area contributed by atoms with Crippen molar-refractivity contribution in [2.75, 3.05) is 0 Å². The van der Waals surface area contributed by atoms with Crippen LogP contribution in [0.25, 0.3) is 10.2 Å². The van der Waals surface area contributed by atoms with Gasteiger partial charge in [0.25, 0.3) is 0 Å². The van der Waals surface area contributed by atoms with Crippen molar-refractivity contribution in [1.29, 1.82) is 5.26 Å². The van der Waals surface area contributed by atoms with Crippen molar-refractivity contribution >= 4 is 21.6 Å². The zero-order valence-electron chi connectivity index (χ0n) is 12.7. The zero-order chi connectivity index (χ0) is 14.7. The second-order valence-corrected chi connectivity index (χ2v) is 6.49. The third kappa shape index (κ3) is 2.86. The van der Waals surface area contributed by atoms with Crippen LogP contribution in [-0.2, 0) is 12.8 Å². The summed E-state index contributed by atoms with van der Waals surface area (Å²) in [5.41, 5.74) is 2.65. The van der Waals surface area contributed by atoms with E-state index in [9.17, 15) is 0 Å². The van der Waals surface area contributed by atoms with Crippen molar-refractivity contribution in [3.8, 4) is 6.07 Å². The molecule has 0 bridgehead atoms. The molecule has 0 N–H and O–H groups in total. The van der Waals surface area contributed by atoms with Crippen LogP contribution < -0.4 is 0 Å². The van der Waals surface area contributed by atoms with Gasteiger partial charge in [-0.2, -0.15) is 5.26 Å². The van der Waals surface area contributed by atoms with Gasteiger partial charge in [0.15, 0.2) is 0 Å². The first-order valence-corrected chi connectivity index (χ1v) is 8.31. The fourth-order valence-corrected chi connectivity index (χ4v) is 3.61. The van der Waals surface area contributed by atoms with Crippen LogP contribution in [0.15, 0.2) is 12.1 Å². The highest BCUT2D eigenvalue weighted by Gasteiger charge is 2.22. The third-order valence-corrected chi connectivity index (χ3v) is 4.91. The molecule has 0 fully saturated rings. The average molecular weight is 286 g/mol. The van der Waals surface area contributed by atoms with Gasteiger partial charge in [0.1, 0.15) is 15.8 Å². The van der Waals surface area contributed by atoms with Gasteiger partial charge in [-0.05, 0) is 48.8 Å². The van der Waals surface area contributed by atoms with E-state index < -0.39 is 0 Å². The van der Waals surface area contributed by atoms with E-state index in [-0.39, 0.29) is 0 Å². The van der Waals surface area contributed by atoms with Crippen molar-refractivity contribution in [3.05, 3.63) is 28.3 Å². The van der Waals surface area contributed by atoms with E-state index >= 15 is 0 Å². The lowest BCUT2D eigenvalue weighted by molar-refractivity contribution is 0.341. The van der Waals surface area contributed by atoms with Gasteiger partial charge in [-0.1, -0.05) is 27.7 Å². The molecule has 2 aromatic heterocycles. The lowest BCUT2D eigenvalue weighted by Gasteiger charge is -2.26. The number of pyridine rings is 1. The minimum atomic E-state index is 0.742. The summed E-state index contributed by atoms with van der Waals surface area (Å²) in [5.74, 6) is 1.52. The summed E-state index contributed by atoms with van der Waals surface area (Å²) in [6.07, 6.45) is 3.49. The molecule has 0 radical (unpaired) electrons. The number of nitrogens with zero attached hydrogens (tertiary/aromatic N) is 2. The Labute approximate surface area is 125 Å². The quantitative estimate of drug-likeness (QED) is 0.743. The lowest BCUT2D eigenvalue weighted by atomic mass is 9.80. The highest BCUT2D eigenvalue weighted by Crippen LogP contribution is 2.33. The number of hydrogen-bond acceptors (Lipinski definition) is 3. The molecule has 2 nitrogen and oxygen atoms in total. The van der Waals surface area contributed by atoms with Crippen LogP contribution in [0.4, 0.5) is 0 Å². The monoisotopic (exact) mass is 286 g/mol. The summed E-state index contributed by atoms with van der Waals surface area (Å²) in [7, 11) is 0. The Morgan fingerprint density at radius 3 is 2.75 bits per heavy atom. The zero-order valence-corrected chi connectivity index (χ0v) is 13.5. The predicted octanol–water partition coefficient (Wildman–Crippen LogP) is 4.96. The molecule has 0 amide bonds. The molecule has 0 spiro atoms. The van der Waals surface area contributed by atoms with Crippen molar-refractivity contribution in [3.63, 3.8) is 0 Å². The van der Waals surface area contributed by atoms with E-state index in [1.54, 1.807) is 0 Å². The minimum absolute atomic E-state index is 0.742. The van der Waals surface area contributed by atoms with Gasteiger partial charge in [0, 0.05) is 11.1 Å². The Kier molecular flexibility index (Phi) is 4.77. The number of nitriles is 1. The Morgan fingerprint density at radius 1 is 1.35 bits per heavy atom. The van der Waals surface area contributed by atoms with Gasteiger partial charge in [-0.3, -0.25) is 0 Å². The molecule has 1 unspecified atom stereocenters. The van der Waals surface area contributed by atoms with Crippen LogP contribution in [0, 0.1) is 23.2 Å². The van der Waals surface area contributed by atoms with Crippen molar-refractivity contribution in [2.24, 2.45) is 11.8 Å². The van der Waals surface area contributed by atoms with Gasteiger partial charge in [0.2, 0.25) is 0 Å². The fourth-order valence-electron chi connectivity index (χ4n) is 2.78. The first-order valence-electron chi connectivity index (χ1n) is 7.50. The number of fused-ring (bicyclic) bond motifs is 2. The topological polar surface area (TPSA) is 36.7 Å². The van der Waals surface area contributed by atoms with Crippen molar-refractivity contribution in [2.45, 2.75) is 47.0 Å². The van der Waals surface area contributed by atoms with Crippen LogP contribution >= 0.6 is 11.3 Å². The van der Waals surface area contributed by atoms with E-state index in [4.69, 9.17) is 10.2 Å². The van der Waals surface area contributed by atoms with Crippen LogP contribution in [0.3, 0.4) is 0 Å². The molecule has 0 aromatic carbocycles. The van der Waals surface area contributed by atoms with Gasteiger partial charge in [0.05, 0.1) is 0 Å². The number of aryl methyl sites for hydroxylation is 1. The maximum atomic E-state index is 8.95. The molecular weight excluding hydrogens is 264 g/mol. The molecule has 2 heterocycles. The van der Waals surface area contributed by atoms with Gasteiger partial charge < -0.3 is 0 Å². The molecule has 1 aliphatic rings. The molecule has 1 atom stereocenters. The van der Waals surface area contributed by atoms with Crippen LogP contribution in [0.5, 0.6) is 0 Å². The molecule has 3 heteroatoms. The van der Waals surface area contributed by atoms with Crippen molar-refractivity contribution in [1.82, 2.24) is 4.98 Å². The molecule has 0 aliphatic heterocycles. The van der Waals surface area contributed by atoms with E-state index in [0.717, 1.165) is 39.8 Å². The standard InChI is InChI=1S/C15H16N2S.C2H6/c1-9(2)10-3-4-14-11(5-10)6-12-7-13(8-16)18-15(12)17-14;1-2/h6-7,9-10H,3-5H2,1-2H3;1-2H3. The normalized spacial score (nSPS) is 17.3. The number of thiophene rings is 1. The van der Waals surface area contributed by atoms with Crippen LogP contribution in [0.1, 0.15) is 50.3 Å². The number of hydrogen-bond donors (Lipinski definition) is 0. The molecule has 0 saturated carbocycles. The van der Waals surface area contributed by atoms with E-state index in [1.165, 1.54) is 29.0 Å². The van der Waals surface area contributed by atoms with Gasteiger partial charge >= 0.3 is 0 Å². The molecule has 106 valence electrons. The summed E-state index contributed by atoms with van der Waals surface area (Å²) in [4.78, 5) is 6.53. The minimum Gasteiger partial charge on any atom is -0.242 e. The summed E-state index contributed by atoms with van der Waals surface area (Å²) in [6.45, 7) is 8.61. The third-order valence-electron chi connectivity index (χ3n) is 3.96. The van der Waals surface area contributed by atoms with E-state index in [2.05, 4.69) is 26.0 Å². The Hall–Kier alpha value is -1.40. The summed E-state index contributed by atoms with van der Waals surface area (Å²) in [5, 5.41) is 10.1. The Morgan fingerprint density at radius 2 is 2.10 bits per heavy atom. The Balaban J connectivity index is 0.000000704. The summed E-state index contributed by atoms with van der Waals surface area (Å²) in [6, 6.07) is 6.43. The maximum absolute atomic E-state index is 8.95. The first kappa shape index (κ1) is 15.0. The molecule has 0 saturated heterocycles. The first-order chi connectivity index (χ1) is 9.67. The summed E-state index contributed by atoms with van der Waals surface area (Å²) >= 11 is 1.50. The second kappa shape index (κ2) is 6.37. The fraction of sp³-hybridized carbons (Fsp3) is 0.529. The SMILES string of the molecule is CC.CC(C)C1CCc2nc3sc(C#N)cc3cc2C1. The maximum Gasteiger partial charge on any atom is 0.124 e. The molecule has 1 aliphatic carbocycles. The Bertz CT molecular complexity index is 634. The molecule has 2 aromatic rings. The number of rotatable bonds is 1. The average Bonchev–Trinajstić information content (AvgIpc) is 2.88. The second-order valence-electron chi connectivity index (χ2n) is 5.46. The highest BCUT2D eigenvalue weighted by atomic mass is 32.1. The lowest BCUT2D eigenvalue weighted by Crippen LogP contribution is -2.19. The van der Waals surface area contributed by atoms with E-state index in [1.807, 2.05) is 19.9 Å². The highest BCUT2D eigenvalue weighted by molar-refractivity contribution is 7.19. The smallest absolute Gasteiger partial charge is 0.124 e. The summed E-state index contributed by atoms with van der Waals surface area (Å²) < 4.78 is 0. The molecule has 20 heavy (non-hydrogen) atoms. The van der Waals surface area contributed by atoms with Gasteiger partial charge in [-0.25, -0.2) is 4.98 Å². The van der Waals surface area contributed by atoms with Crippen LogP contribution in [-0.4, -0.2) is 4.98 Å².